The molecular weight excluding hydrogens is 322 g/mol. The number of hydrogen-bond acceptors (Lipinski definition) is 4. The number of benzene rings is 1. The van der Waals surface area contributed by atoms with Crippen LogP contribution in [0.2, 0.25) is 0 Å². The molecule has 0 bridgehead atoms. The Kier molecular flexibility index (Phi) is 4.49. The first kappa shape index (κ1) is 16.4. The topological polar surface area (TPSA) is 55.2 Å². The molecule has 2 heterocycles. The third-order valence-electron chi connectivity index (χ3n) is 4.09. The maximum atomic E-state index is 13.0. The molecule has 5 nitrogen and oxygen atoms in total. The summed E-state index contributed by atoms with van der Waals surface area (Å²) in [5, 5.41) is 0.545. The molecule has 3 aromatic rings. The zero-order valence-corrected chi connectivity index (χ0v) is 14.8. The van der Waals surface area contributed by atoms with Crippen LogP contribution in [-0.4, -0.2) is 26.9 Å². The smallest absolute Gasteiger partial charge is 0.264 e. The predicted octanol–water partition coefficient (Wildman–Crippen LogP) is 2.97. The van der Waals surface area contributed by atoms with Crippen molar-refractivity contribution in [3.05, 3.63) is 63.0 Å². The van der Waals surface area contributed by atoms with Crippen LogP contribution in [0.5, 0.6) is 0 Å². The zero-order valence-electron chi connectivity index (χ0n) is 13.9. The Bertz CT molecular complexity index is 944. The number of thiophene rings is 1. The second-order valence-corrected chi connectivity index (χ2v) is 6.70. The average molecular weight is 341 g/mol. The van der Waals surface area contributed by atoms with Gasteiger partial charge in [0.15, 0.2) is 0 Å². The summed E-state index contributed by atoms with van der Waals surface area (Å²) in [6, 6.07) is 9.90. The lowest BCUT2D eigenvalue weighted by molar-refractivity contribution is 0.0757. The van der Waals surface area contributed by atoms with Gasteiger partial charge in [-0.2, -0.15) is 0 Å². The largest absolute Gasteiger partial charge is 0.334 e. The fourth-order valence-corrected chi connectivity index (χ4v) is 3.79. The molecule has 1 amide bonds. The first-order valence-electron chi connectivity index (χ1n) is 7.80. The van der Waals surface area contributed by atoms with Gasteiger partial charge < -0.3 is 9.47 Å². The number of hydrogen-bond donors (Lipinski definition) is 0. The molecule has 0 spiro atoms. The molecule has 0 N–H and O–H groups in total. The highest BCUT2D eigenvalue weighted by molar-refractivity contribution is 7.20. The van der Waals surface area contributed by atoms with E-state index in [1.165, 1.54) is 22.2 Å². The van der Waals surface area contributed by atoms with Gasteiger partial charge in [0, 0.05) is 20.1 Å². The molecule has 0 aliphatic carbocycles. The lowest BCUT2D eigenvalue weighted by atomic mass is 10.1. The fraction of sp³-hybridized carbons (Fsp3) is 0.278. The van der Waals surface area contributed by atoms with Gasteiger partial charge in [-0.1, -0.05) is 30.3 Å². The number of aromatic nitrogens is 2. The molecule has 6 heteroatoms. The third-order valence-corrected chi connectivity index (χ3v) is 5.28. The van der Waals surface area contributed by atoms with Gasteiger partial charge in [-0.15, -0.1) is 11.3 Å². The second-order valence-electron chi connectivity index (χ2n) is 5.70. The van der Waals surface area contributed by atoms with E-state index < -0.39 is 0 Å². The summed E-state index contributed by atoms with van der Waals surface area (Å²) in [7, 11) is 1.67. The highest BCUT2D eigenvalue weighted by Gasteiger charge is 2.22. The van der Waals surface area contributed by atoms with Crippen molar-refractivity contribution < 1.29 is 4.79 Å². The number of fused-ring (bicyclic) bond motifs is 1. The lowest BCUT2D eigenvalue weighted by Gasteiger charge is -2.20. The van der Waals surface area contributed by atoms with E-state index in [0.29, 0.717) is 28.2 Å². The van der Waals surface area contributed by atoms with E-state index in [1.54, 1.807) is 11.9 Å². The Labute approximate surface area is 144 Å². The number of amides is 1. The van der Waals surface area contributed by atoms with Gasteiger partial charge in [0.2, 0.25) is 0 Å². The summed E-state index contributed by atoms with van der Waals surface area (Å²) in [5.41, 5.74) is 1.69. The Morgan fingerprint density at radius 1 is 1.29 bits per heavy atom. The van der Waals surface area contributed by atoms with Crippen LogP contribution in [0.4, 0.5) is 0 Å². The standard InChI is InChI=1S/C18H19N3O2S/c1-4-21(10-13-8-6-5-7-9-13)18(23)15-12(2)14-16(24-15)19-11-20(3)17(14)22/h5-9,11H,4,10H2,1-3H3. The number of rotatable bonds is 4. The van der Waals surface area contributed by atoms with Gasteiger partial charge in [0.1, 0.15) is 4.83 Å². The highest BCUT2D eigenvalue weighted by Crippen LogP contribution is 2.28. The molecule has 0 aliphatic heterocycles. The molecule has 0 atom stereocenters. The molecular formula is C18H19N3O2S. The molecule has 0 saturated carbocycles. The Morgan fingerprint density at radius 2 is 2.00 bits per heavy atom. The molecule has 2 aromatic heterocycles. The zero-order chi connectivity index (χ0) is 17.3. The van der Waals surface area contributed by atoms with Crippen LogP contribution in [0.25, 0.3) is 10.2 Å². The van der Waals surface area contributed by atoms with Crippen LogP contribution in [0.1, 0.15) is 27.7 Å². The minimum atomic E-state index is -0.112. The van der Waals surface area contributed by atoms with E-state index in [0.717, 1.165) is 11.1 Å². The van der Waals surface area contributed by atoms with Crippen LogP contribution in [0.15, 0.2) is 41.5 Å². The molecule has 1 aromatic carbocycles. The lowest BCUT2D eigenvalue weighted by Crippen LogP contribution is -2.30. The van der Waals surface area contributed by atoms with E-state index in [2.05, 4.69) is 4.98 Å². The maximum Gasteiger partial charge on any atom is 0.264 e. The quantitative estimate of drug-likeness (QED) is 0.733. The van der Waals surface area contributed by atoms with Gasteiger partial charge in [0.05, 0.1) is 16.6 Å². The number of nitrogens with zero attached hydrogens (tertiary/aromatic N) is 3. The van der Waals surface area contributed by atoms with Crippen molar-refractivity contribution >= 4 is 27.5 Å². The molecule has 0 fully saturated rings. The molecule has 124 valence electrons. The molecule has 0 unspecified atom stereocenters. The minimum absolute atomic E-state index is 0.0519. The van der Waals surface area contributed by atoms with E-state index in [-0.39, 0.29) is 11.5 Å². The molecule has 24 heavy (non-hydrogen) atoms. The molecule has 0 saturated heterocycles. The van der Waals surface area contributed by atoms with E-state index in [4.69, 9.17) is 0 Å². The normalized spacial score (nSPS) is 11.0. The van der Waals surface area contributed by atoms with Crippen LogP contribution >= 0.6 is 11.3 Å². The van der Waals surface area contributed by atoms with Crippen molar-refractivity contribution in [2.45, 2.75) is 20.4 Å². The Morgan fingerprint density at radius 3 is 2.67 bits per heavy atom. The third kappa shape index (κ3) is 2.85. The maximum absolute atomic E-state index is 13.0. The Hall–Kier alpha value is -2.47. The number of carbonyl (C=O) groups is 1. The van der Waals surface area contributed by atoms with Gasteiger partial charge in [0.25, 0.3) is 11.5 Å². The van der Waals surface area contributed by atoms with E-state index in [9.17, 15) is 9.59 Å². The van der Waals surface area contributed by atoms with E-state index >= 15 is 0 Å². The number of carbonyl (C=O) groups excluding carboxylic acids is 1. The number of aryl methyl sites for hydroxylation is 2. The summed E-state index contributed by atoms with van der Waals surface area (Å²) in [5.74, 6) is -0.0519. The van der Waals surface area contributed by atoms with Crippen molar-refractivity contribution in [1.82, 2.24) is 14.5 Å². The summed E-state index contributed by atoms with van der Waals surface area (Å²) in [6.45, 7) is 4.94. The van der Waals surface area contributed by atoms with Crippen LogP contribution < -0.4 is 5.56 Å². The highest BCUT2D eigenvalue weighted by atomic mass is 32.1. The van der Waals surface area contributed by atoms with Crippen molar-refractivity contribution in [3.63, 3.8) is 0 Å². The van der Waals surface area contributed by atoms with Crippen molar-refractivity contribution in [1.29, 1.82) is 0 Å². The first-order valence-corrected chi connectivity index (χ1v) is 8.62. The second kappa shape index (κ2) is 6.57. The first-order chi connectivity index (χ1) is 11.5. The van der Waals surface area contributed by atoms with Crippen molar-refractivity contribution in [2.75, 3.05) is 6.54 Å². The van der Waals surface area contributed by atoms with Gasteiger partial charge in [-0.25, -0.2) is 4.98 Å². The van der Waals surface area contributed by atoms with Crippen LogP contribution in [0.3, 0.4) is 0 Å². The van der Waals surface area contributed by atoms with Crippen LogP contribution in [0, 0.1) is 6.92 Å². The average Bonchev–Trinajstić information content (AvgIpc) is 2.94. The van der Waals surface area contributed by atoms with E-state index in [1.807, 2.05) is 44.2 Å². The summed E-state index contributed by atoms with van der Waals surface area (Å²) in [6.07, 6.45) is 1.50. The SMILES string of the molecule is CCN(Cc1ccccc1)C(=O)c1sc2ncn(C)c(=O)c2c1C. The van der Waals surface area contributed by atoms with Gasteiger partial charge in [-0.3, -0.25) is 9.59 Å². The Balaban J connectivity index is 1.99. The van der Waals surface area contributed by atoms with Crippen molar-refractivity contribution in [3.8, 4) is 0 Å². The molecule has 0 aliphatic rings. The molecule has 0 radical (unpaired) electrons. The minimum Gasteiger partial charge on any atom is -0.334 e. The van der Waals surface area contributed by atoms with Crippen LogP contribution in [-0.2, 0) is 13.6 Å². The van der Waals surface area contributed by atoms with Gasteiger partial charge >= 0.3 is 0 Å². The summed E-state index contributed by atoms with van der Waals surface area (Å²) in [4.78, 5) is 32.6. The monoisotopic (exact) mass is 341 g/mol. The van der Waals surface area contributed by atoms with Gasteiger partial charge in [-0.05, 0) is 25.0 Å². The molecule has 3 rings (SSSR count). The predicted molar refractivity (Wildman–Crippen MR) is 96.5 cm³/mol. The fourth-order valence-electron chi connectivity index (χ4n) is 2.69. The summed E-state index contributed by atoms with van der Waals surface area (Å²) >= 11 is 1.29. The summed E-state index contributed by atoms with van der Waals surface area (Å²) < 4.78 is 1.44. The van der Waals surface area contributed by atoms with Crippen molar-refractivity contribution in [2.24, 2.45) is 7.05 Å².